The molecule has 0 aliphatic carbocycles. The van der Waals surface area contributed by atoms with Gasteiger partial charge in [-0.25, -0.2) is 8.78 Å². The van der Waals surface area contributed by atoms with Crippen molar-refractivity contribution in [3.05, 3.63) is 95.6 Å². The summed E-state index contributed by atoms with van der Waals surface area (Å²) in [6, 6.07) is 19.0. The van der Waals surface area contributed by atoms with Crippen LogP contribution in [0.25, 0.3) is 0 Å². The van der Waals surface area contributed by atoms with Crippen LogP contribution in [0.4, 0.5) is 14.5 Å². The number of ether oxygens (including phenoxy) is 1. The Bertz CT molecular complexity index is 896. The highest BCUT2D eigenvalue weighted by atomic mass is 19.1. The fourth-order valence-electron chi connectivity index (χ4n) is 2.44. The number of rotatable bonds is 5. The van der Waals surface area contributed by atoms with E-state index < -0.39 is 23.6 Å². The lowest BCUT2D eigenvalue weighted by Gasteiger charge is -2.19. The number of nitrogens with one attached hydrogen (secondary N) is 1. The van der Waals surface area contributed by atoms with Gasteiger partial charge < -0.3 is 10.1 Å². The van der Waals surface area contributed by atoms with Gasteiger partial charge in [0.05, 0.1) is 0 Å². The zero-order chi connectivity index (χ0) is 18.5. The predicted molar refractivity (Wildman–Crippen MR) is 96.0 cm³/mol. The second-order valence-corrected chi connectivity index (χ2v) is 5.84. The molecule has 0 aromatic heterocycles. The lowest BCUT2D eigenvalue weighted by Crippen LogP contribution is -2.26. The Labute approximate surface area is 150 Å². The van der Waals surface area contributed by atoms with E-state index in [9.17, 15) is 13.6 Å². The molecule has 1 N–H and O–H groups in total. The number of benzene rings is 3. The Morgan fingerprint density at radius 3 is 2.31 bits per heavy atom. The molecule has 1 unspecified atom stereocenters. The van der Waals surface area contributed by atoms with Crippen LogP contribution in [0, 0.1) is 18.6 Å². The van der Waals surface area contributed by atoms with Crippen molar-refractivity contribution in [1.29, 1.82) is 0 Å². The van der Waals surface area contributed by atoms with E-state index in [1.54, 1.807) is 42.5 Å². The van der Waals surface area contributed by atoms with Gasteiger partial charge in [-0.2, -0.15) is 0 Å². The highest BCUT2D eigenvalue weighted by Gasteiger charge is 2.24. The van der Waals surface area contributed by atoms with Crippen LogP contribution < -0.4 is 10.1 Å². The highest BCUT2D eigenvalue weighted by Crippen LogP contribution is 2.26. The second kappa shape index (κ2) is 7.78. The summed E-state index contributed by atoms with van der Waals surface area (Å²) in [4.78, 5) is 12.7. The molecule has 0 saturated heterocycles. The summed E-state index contributed by atoms with van der Waals surface area (Å²) in [5.74, 6) is -2.23. The average molecular weight is 353 g/mol. The lowest BCUT2D eigenvalue weighted by molar-refractivity contribution is -0.123. The summed E-state index contributed by atoms with van der Waals surface area (Å²) in [6.45, 7) is 1.94. The van der Waals surface area contributed by atoms with Gasteiger partial charge in [-0.3, -0.25) is 4.79 Å². The van der Waals surface area contributed by atoms with Crippen molar-refractivity contribution in [2.75, 3.05) is 5.32 Å². The van der Waals surface area contributed by atoms with Crippen LogP contribution in [-0.4, -0.2) is 5.91 Å². The van der Waals surface area contributed by atoms with Crippen LogP contribution in [0.15, 0.2) is 72.8 Å². The van der Waals surface area contributed by atoms with Crippen molar-refractivity contribution in [1.82, 2.24) is 0 Å². The van der Waals surface area contributed by atoms with Crippen molar-refractivity contribution in [2.24, 2.45) is 0 Å². The minimum absolute atomic E-state index is 0.195. The first-order valence-electron chi connectivity index (χ1n) is 8.07. The molecule has 5 heteroatoms. The van der Waals surface area contributed by atoms with Gasteiger partial charge in [0, 0.05) is 17.3 Å². The number of carbonyl (C=O) groups excluding carboxylic acids is 1. The van der Waals surface area contributed by atoms with Gasteiger partial charge in [0.15, 0.2) is 11.6 Å². The molecule has 3 aromatic carbocycles. The normalized spacial score (nSPS) is 11.7. The number of carbonyl (C=O) groups is 1. The Balaban J connectivity index is 1.88. The average Bonchev–Trinajstić information content (AvgIpc) is 2.63. The molecule has 0 bridgehead atoms. The molecule has 0 radical (unpaired) electrons. The molecule has 3 rings (SSSR count). The third-order valence-electron chi connectivity index (χ3n) is 3.80. The molecule has 1 amide bonds. The predicted octanol–water partition coefficient (Wildman–Crippen LogP) is 5.03. The molecule has 3 aromatic rings. The monoisotopic (exact) mass is 353 g/mol. The molecule has 0 saturated carbocycles. The molecule has 0 aliphatic rings. The minimum atomic E-state index is -1.09. The van der Waals surface area contributed by atoms with Gasteiger partial charge >= 0.3 is 0 Å². The Morgan fingerprint density at radius 1 is 0.962 bits per heavy atom. The molecule has 0 fully saturated rings. The molecular formula is C21H17F2NO2. The van der Waals surface area contributed by atoms with Gasteiger partial charge in [-0.05, 0) is 31.2 Å². The first-order chi connectivity index (χ1) is 12.5. The third-order valence-corrected chi connectivity index (χ3v) is 3.80. The SMILES string of the molecule is Cc1ccc(NC(=O)C(Oc2ccc(F)cc2F)c2ccccc2)cc1. The van der Waals surface area contributed by atoms with Gasteiger partial charge in [0.1, 0.15) is 5.82 Å². The maximum absolute atomic E-state index is 14.0. The van der Waals surface area contributed by atoms with E-state index in [0.717, 1.165) is 17.7 Å². The Kier molecular flexibility index (Phi) is 5.27. The zero-order valence-electron chi connectivity index (χ0n) is 14.1. The van der Waals surface area contributed by atoms with Crippen LogP contribution in [0.5, 0.6) is 5.75 Å². The summed E-state index contributed by atoms with van der Waals surface area (Å²) >= 11 is 0. The number of aryl methyl sites for hydroxylation is 1. The van der Waals surface area contributed by atoms with Crippen LogP contribution in [-0.2, 0) is 4.79 Å². The van der Waals surface area contributed by atoms with Crippen LogP contribution in [0.2, 0.25) is 0 Å². The molecule has 0 heterocycles. The smallest absolute Gasteiger partial charge is 0.270 e. The van der Waals surface area contributed by atoms with Gasteiger partial charge in [-0.1, -0.05) is 48.0 Å². The van der Waals surface area contributed by atoms with Gasteiger partial charge in [-0.15, -0.1) is 0 Å². The van der Waals surface area contributed by atoms with Crippen molar-refractivity contribution in [2.45, 2.75) is 13.0 Å². The molecule has 26 heavy (non-hydrogen) atoms. The topological polar surface area (TPSA) is 38.3 Å². The molecule has 132 valence electrons. The van der Waals surface area contributed by atoms with E-state index in [-0.39, 0.29) is 5.75 Å². The van der Waals surface area contributed by atoms with E-state index in [1.165, 1.54) is 6.07 Å². The Hall–Kier alpha value is -3.21. The maximum atomic E-state index is 14.0. The standard InChI is InChI=1S/C21H17F2NO2/c1-14-7-10-17(11-8-14)24-21(25)20(15-5-3-2-4-6-15)26-19-12-9-16(22)13-18(19)23/h2-13,20H,1H3,(H,24,25). The quantitative estimate of drug-likeness (QED) is 0.698. The highest BCUT2D eigenvalue weighted by molar-refractivity contribution is 5.95. The van der Waals surface area contributed by atoms with Crippen molar-refractivity contribution in [3.63, 3.8) is 0 Å². The number of hydrogen-bond acceptors (Lipinski definition) is 2. The van der Waals surface area contributed by atoms with Crippen LogP contribution >= 0.6 is 0 Å². The van der Waals surface area contributed by atoms with E-state index in [2.05, 4.69) is 5.32 Å². The van der Waals surface area contributed by atoms with Crippen molar-refractivity contribution in [3.8, 4) is 5.75 Å². The van der Waals surface area contributed by atoms with Crippen LogP contribution in [0.3, 0.4) is 0 Å². The zero-order valence-corrected chi connectivity index (χ0v) is 14.1. The fraction of sp³-hybridized carbons (Fsp3) is 0.0952. The van der Waals surface area contributed by atoms with E-state index in [4.69, 9.17) is 4.74 Å². The van der Waals surface area contributed by atoms with Crippen molar-refractivity contribution < 1.29 is 18.3 Å². The first kappa shape index (κ1) is 17.6. The Morgan fingerprint density at radius 2 is 1.65 bits per heavy atom. The molecule has 1 atom stereocenters. The maximum Gasteiger partial charge on any atom is 0.270 e. The summed E-state index contributed by atoms with van der Waals surface area (Å²) in [5.41, 5.74) is 2.22. The second-order valence-electron chi connectivity index (χ2n) is 5.84. The molecule has 0 spiro atoms. The molecule has 3 nitrogen and oxygen atoms in total. The number of hydrogen-bond donors (Lipinski definition) is 1. The van der Waals surface area contributed by atoms with Gasteiger partial charge in [0.2, 0.25) is 6.10 Å². The summed E-state index contributed by atoms with van der Waals surface area (Å²) in [5, 5.41) is 2.76. The summed E-state index contributed by atoms with van der Waals surface area (Å²) in [6.07, 6.45) is -1.09. The van der Waals surface area contributed by atoms with Gasteiger partial charge in [0.25, 0.3) is 5.91 Å². The fourth-order valence-corrected chi connectivity index (χ4v) is 2.44. The third kappa shape index (κ3) is 4.25. The first-order valence-corrected chi connectivity index (χ1v) is 8.07. The number of halogens is 2. The van der Waals surface area contributed by atoms with E-state index in [0.29, 0.717) is 11.3 Å². The molecular weight excluding hydrogens is 336 g/mol. The summed E-state index contributed by atoms with van der Waals surface area (Å²) < 4.78 is 32.7. The number of amides is 1. The van der Waals surface area contributed by atoms with E-state index in [1.807, 2.05) is 19.1 Å². The molecule has 0 aliphatic heterocycles. The van der Waals surface area contributed by atoms with E-state index >= 15 is 0 Å². The lowest BCUT2D eigenvalue weighted by atomic mass is 10.1. The summed E-state index contributed by atoms with van der Waals surface area (Å²) in [7, 11) is 0. The largest absolute Gasteiger partial charge is 0.473 e. The number of anilines is 1. The van der Waals surface area contributed by atoms with Crippen LogP contribution in [0.1, 0.15) is 17.2 Å². The van der Waals surface area contributed by atoms with Crippen molar-refractivity contribution >= 4 is 11.6 Å². The minimum Gasteiger partial charge on any atom is -0.473 e.